The van der Waals surface area contributed by atoms with Gasteiger partial charge in [0.1, 0.15) is 17.0 Å². The van der Waals surface area contributed by atoms with Gasteiger partial charge in [0.05, 0.1) is 12.4 Å². The van der Waals surface area contributed by atoms with Gasteiger partial charge in [-0.2, -0.15) is 0 Å². The lowest BCUT2D eigenvalue weighted by molar-refractivity contribution is -0.136. The van der Waals surface area contributed by atoms with Gasteiger partial charge >= 0.3 is 0 Å². The molecule has 2 aromatic rings. The van der Waals surface area contributed by atoms with E-state index in [4.69, 9.17) is 17.3 Å². The highest BCUT2D eigenvalue weighted by atomic mass is 35.5. The second-order valence-corrected chi connectivity index (χ2v) is 8.04. The Morgan fingerprint density at radius 1 is 1.26 bits per heavy atom. The molecule has 2 aliphatic heterocycles. The molecule has 10 heteroatoms. The summed E-state index contributed by atoms with van der Waals surface area (Å²) < 4.78 is 0. The lowest BCUT2D eigenvalue weighted by Gasteiger charge is -2.29. The number of carbonyl (C=O) groups is 3. The third-order valence-corrected chi connectivity index (χ3v) is 5.69. The number of fused-ring (bicyclic) bond motifs is 1. The number of benzene rings is 1. The molecule has 2 aliphatic rings. The molecule has 1 atom stereocenters. The summed E-state index contributed by atoms with van der Waals surface area (Å²) in [4.78, 5) is 48.6. The van der Waals surface area contributed by atoms with E-state index in [1.165, 1.54) is 6.20 Å². The third kappa shape index (κ3) is 4.52. The minimum Gasteiger partial charge on any atom is -0.351 e. The average molecular weight is 443 g/mol. The first-order valence-electron chi connectivity index (χ1n) is 10.2. The van der Waals surface area contributed by atoms with Crippen LogP contribution in [0.25, 0.3) is 0 Å². The predicted molar refractivity (Wildman–Crippen MR) is 114 cm³/mol. The van der Waals surface area contributed by atoms with Crippen LogP contribution < -0.4 is 16.0 Å². The van der Waals surface area contributed by atoms with Crippen LogP contribution in [0.2, 0.25) is 5.15 Å². The molecule has 3 heterocycles. The highest BCUT2D eigenvalue weighted by Crippen LogP contribution is 2.29. The molecule has 1 fully saturated rings. The highest BCUT2D eigenvalue weighted by Gasteiger charge is 2.39. The quantitative estimate of drug-likeness (QED) is 0.619. The summed E-state index contributed by atoms with van der Waals surface area (Å²) in [6.45, 7) is 2.12. The van der Waals surface area contributed by atoms with E-state index in [1.807, 2.05) is 17.0 Å². The Balaban J connectivity index is 1.53. The monoisotopic (exact) mass is 442 g/mol. The van der Waals surface area contributed by atoms with Crippen molar-refractivity contribution >= 4 is 35.1 Å². The molecular weight excluding hydrogens is 420 g/mol. The zero-order valence-electron chi connectivity index (χ0n) is 16.9. The van der Waals surface area contributed by atoms with Crippen molar-refractivity contribution in [3.63, 3.8) is 0 Å². The van der Waals surface area contributed by atoms with Gasteiger partial charge in [-0.3, -0.25) is 24.7 Å². The van der Waals surface area contributed by atoms with Crippen LogP contribution in [-0.2, 0) is 22.7 Å². The maximum Gasteiger partial charge on any atom is 0.255 e. The predicted octanol–water partition coefficient (Wildman–Crippen LogP) is 1.25. The Bertz CT molecular complexity index is 1030. The van der Waals surface area contributed by atoms with Crippen molar-refractivity contribution in [2.24, 2.45) is 5.73 Å². The Kier molecular flexibility index (Phi) is 6.15. The van der Waals surface area contributed by atoms with Gasteiger partial charge in [0.15, 0.2) is 0 Å². The summed E-state index contributed by atoms with van der Waals surface area (Å²) in [5.41, 5.74) is 8.14. The van der Waals surface area contributed by atoms with Crippen LogP contribution in [-0.4, -0.2) is 51.7 Å². The number of nitrogens with zero attached hydrogens (tertiary/aromatic N) is 4. The van der Waals surface area contributed by atoms with Gasteiger partial charge in [-0.05, 0) is 36.6 Å². The summed E-state index contributed by atoms with van der Waals surface area (Å²) in [6.07, 6.45) is 4.50. The number of carbonyl (C=O) groups excluding carboxylic acids is 3. The summed E-state index contributed by atoms with van der Waals surface area (Å²) in [5.74, 6) is -0.237. The molecule has 1 unspecified atom stereocenters. The number of hydrogen-bond acceptors (Lipinski definition) is 7. The zero-order chi connectivity index (χ0) is 22.0. The molecule has 0 spiro atoms. The minimum atomic E-state index is -0.621. The van der Waals surface area contributed by atoms with E-state index < -0.39 is 11.9 Å². The number of aromatic nitrogens is 2. The van der Waals surface area contributed by atoms with Gasteiger partial charge in [0.25, 0.3) is 5.91 Å². The first kappa shape index (κ1) is 21.2. The molecular formula is C21H23ClN6O3. The van der Waals surface area contributed by atoms with Crippen LogP contribution in [0.5, 0.6) is 0 Å². The lowest BCUT2D eigenvalue weighted by Crippen LogP contribution is -2.52. The summed E-state index contributed by atoms with van der Waals surface area (Å²) in [7, 11) is 0. The van der Waals surface area contributed by atoms with Gasteiger partial charge in [0, 0.05) is 31.6 Å². The van der Waals surface area contributed by atoms with Crippen molar-refractivity contribution in [1.29, 1.82) is 0 Å². The fourth-order valence-corrected chi connectivity index (χ4v) is 4.13. The average Bonchev–Trinajstić information content (AvgIpc) is 3.06. The normalized spacial score (nSPS) is 18.2. The number of piperidine rings is 1. The molecule has 3 amide bonds. The lowest BCUT2D eigenvalue weighted by atomic mass is 10.0. The fourth-order valence-electron chi connectivity index (χ4n) is 3.99. The van der Waals surface area contributed by atoms with Crippen LogP contribution in [0.3, 0.4) is 0 Å². The second-order valence-electron chi connectivity index (χ2n) is 7.66. The molecule has 1 saturated heterocycles. The molecule has 4 rings (SSSR count). The topological polar surface area (TPSA) is 122 Å². The van der Waals surface area contributed by atoms with Gasteiger partial charge < -0.3 is 15.5 Å². The molecule has 162 valence electrons. The first-order chi connectivity index (χ1) is 15.0. The number of hydrogen-bond donors (Lipinski definition) is 2. The van der Waals surface area contributed by atoms with Crippen LogP contribution in [0.1, 0.15) is 40.7 Å². The van der Waals surface area contributed by atoms with Crippen molar-refractivity contribution in [3.8, 4) is 0 Å². The van der Waals surface area contributed by atoms with Crippen molar-refractivity contribution in [2.75, 3.05) is 18.0 Å². The first-order valence-corrected chi connectivity index (χ1v) is 10.5. The van der Waals surface area contributed by atoms with Crippen LogP contribution in [0.4, 0.5) is 5.82 Å². The van der Waals surface area contributed by atoms with E-state index in [9.17, 15) is 14.4 Å². The fraction of sp³-hybridized carbons (Fsp3) is 0.381. The summed E-state index contributed by atoms with van der Waals surface area (Å²) in [6, 6.07) is 5.05. The standard InChI is InChI=1S/C21H23ClN6O3/c22-17-9-24-10-18(25-17)27(7-1-6-23)11-13-2-3-15-14(8-13)12-28(21(15)31)16-4-5-19(29)26-20(16)30/h2-3,8-10,16H,1,4-7,11-12,23H2,(H,26,29,30). The zero-order valence-corrected chi connectivity index (χ0v) is 17.6. The molecule has 0 saturated carbocycles. The van der Waals surface area contributed by atoms with E-state index >= 15 is 0 Å². The Hall–Kier alpha value is -3.04. The number of amides is 3. The molecule has 0 bridgehead atoms. The molecule has 0 radical (unpaired) electrons. The SMILES string of the molecule is NCCCN(Cc1ccc2c(c1)CN(C1CCC(=O)NC1=O)C2=O)c1cncc(Cl)n1. The summed E-state index contributed by atoms with van der Waals surface area (Å²) in [5, 5.41) is 2.64. The van der Waals surface area contributed by atoms with Crippen molar-refractivity contribution in [1.82, 2.24) is 20.2 Å². The van der Waals surface area contributed by atoms with Gasteiger partial charge in [-0.1, -0.05) is 23.7 Å². The highest BCUT2D eigenvalue weighted by molar-refractivity contribution is 6.29. The van der Waals surface area contributed by atoms with Crippen LogP contribution in [0.15, 0.2) is 30.6 Å². The number of rotatable bonds is 7. The third-order valence-electron chi connectivity index (χ3n) is 5.51. The van der Waals surface area contributed by atoms with E-state index in [0.717, 1.165) is 17.5 Å². The molecule has 0 aliphatic carbocycles. The van der Waals surface area contributed by atoms with Crippen molar-refractivity contribution < 1.29 is 14.4 Å². The van der Waals surface area contributed by atoms with Crippen molar-refractivity contribution in [3.05, 3.63) is 52.4 Å². The number of imide groups is 1. The van der Waals surface area contributed by atoms with E-state index in [1.54, 1.807) is 17.2 Å². The van der Waals surface area contributed by atoms with Gasteiger partial charge in [0.2, 0.25) is 11.8 Å². The number of nitrogens with one attached hydrogen (secondary N) is 1. The largest absolute Gasteiger partial charge is 0.351 e. The minimum absolute atomic E-state index is 0.184. The Labute approximate surface area is 184 Å². The molecule has 1 aromatic carbocycles. The maximum atomic E-state index is 12.9. The maximum absolute atomic E-state index is 12.9. The smallest absolute Gasteiger partial charge is 0.255 e. The molecule has 9 nitrogen and oxygen atoms in total. The van der Waals surface area contributed by atoms with Gasteiger partial charge in [-0.15, -0.1) is 0 Å². The van der Waals surface area contributed by atoms with Gasteiger partial charge in [-0.25, -0.2) is 4.98 Å². The number of anilines is 1. The number of halogens is 1. The molecule has 1 aromatic heterocycles. The Morgan fingerprint density at radius 3 is 2.84 bits per heavy atom. The van der Waals surface area contributed by atoms with E-state index in [2.05, 4.69) is 15.3 Å². The van der Waals surface area contributed by atoms with Crippen LogP contribution in [0, 0.1) is 0 Å². The molecule has 31 heavy (non-hydrogen) atoms. The van der Waals surface area contributed by atoms with Crippen LogP contribution >= 0.6 is 11.6 Å². The van der Waals surface area contributed by atoms with E-state index in [-0.39, 0.29) is 18.2 Å². The molecule has 3 N–H and O–H groups in total. The Morgan fingerprint density at radius 2 is 2.10 bits per heavy atom. The summed E-state index contributed by atoms with van der Waals surface area (Å²) >= 11 is 6.01. The second kappa shape index (κ2) is 8.99. The number of nitrogens with two attached hydrogens (primary N) is 1. The van der Waals surface area contributed by atoms with E-state index in [0.29, 0.717) is 49.1 Å². The van der Waals surface area contributed by atoms with Crippen molar-refractivity contribution in [2.45, 2.75) is 38.4 Å².